The van der Waals surface area contributed by atoms with E-state index < -0.39 is 9.14 Å². The molecule has 0 N–H and O–H groups in total. The van der Waals surface area contributed by atoms with Crippen LogP contribution >= 0.6 is 53.0 Å². The molecule has 0 amide bonds. The summed E-state index contributed by atoms with van der Waals surface area (Å²) in [4.78, 5) is 10.4. The second kappa shape index (κ2) is 6.69. The van der Waals surface area contributed by atoms with Crippen LogP contribution in [-0.2, 0) is 0 Å². The predicted octanol–water partition coefficient (Wildman–Crippen LogP) is 7.02. The predicted molar refractivity (Wildman–Crippen MR) is 107 cm³/mol. The number of benzene rings is 1. The number of nitro groups is 1. The van der Waals surface area contributed by atoms with Crippen molar-refractivity contribution >= 4 is 73.5 Å². The second-order valence-corrected chi connectivity index (χ2v) is 63.3. The Bertz CT molecular complexity index is 725. The molecule has 0 aromatic heterocycles. The number of hydrogen-bond acceptors (Lipinski definition) is 3. The van der Waals surface area contributed by atoms with Crippen LogP contribution in [0, 0.1) is 16.0 Å². The number of fused-ring (bicyclic) bond motifs is 1. The van der Waals surface area contributed by atoms with E-state index >= 15 is 0 Å². The van der Waals surface area contributed by atoms with Gasteiger partial charge in [-0.2, -0.15) is 0 Å². The van der Waals surface area contributed by atoms with E-state index in [0.717, 1.165) is 18.7 Å². The van der Waals surface area contributed by atoms with Crippen LogP contribution in [0.1, 0.15) is 26.2 Å². The van der Waals surface area contributed by atoms with Gasteiger partial charge in [0.15, 0.2) is 6.54 Å². The third kappa shape index (κ3) is 7.73. The van der Waals surface area contributed by atoms with E-state index in [9.17, 15) is 10.1 Å². The molecule has 1 aromatic rings. The van der Waals surface area contributed by atoms with Crippen LogP contribution in [0.5, 0.6) is 0 Å². The summed E-state index contributed by atoms with van der Waals surface area (Å²) in [5.74, 6) is 0.594. The summed E-state index contributed by atoms with van der Waals surface area (Å²) in [6, 6.07) is 6.73. The minimum absolute atomic E-state index is 0.0463. The summed E-state index contributed by atoms with van der Waals surface area (Å²) in [5, 5.41) is 15.5. The maximum atomic E-state index is 10.8. The molecule has 0 bridgehead atoms. The minimum atomic E-state index is -5.42. The summed E-state index contributed by atoms with van der Waals surface area (Å²) in [6.07, 6.45) is 3.59. The molecule has 25 heavy (non-hydrogen) atoms. The standard InChI is InChI=1S/C13H16N3O2.6ClH.Sb/c1-13-7-3-4-10(13)9-15(14-13)11-5-2-6-12(8-11)16(17)18;;;;;;;/h2,5-6,8,10H,3-4,7,9H2,1H3;6*1H;/q+1;;;;;;;+5/p-6/t10-,13-;;;;;;;/m0......./s1. The Hall–Kier alpha value is 0.778. The molecular formula is C13H16Cl6N3O2Sb. The Morgan fingerprint density at radius 3 is 2.40 bits per heavy atom. The second-order valence-electron chi connectivity index (χ2n) is 6.36. The van der Waals surface area contributed by atoms with Gasteiger partial charge in [-0.1, -0.05) is 11.1 Å². The Kier molecular flexibility index (Phi) is 5.90. The first-order valence-electron chi connectivity index (χ1n) is 7.35. The molecule has 2 aliphatic rings. The fourth-order valence-corrected chi connectivity index (χ4v) is 3.10. The van der Waals surface area contributed by atoms with E-state index in [4.69, 9.17) is 58.1 Å². The molecule has 0 spiro atoms. The van der Waals surface area contributed by atoms with Crippen LogP contribution in [0.4, 0.5) is 11.4 Å². The van der Waals surface area contributed by atoms with Crippen molar-refractivity contribution in [1.82, 2.24) is 0 Å². The number of nitrogens with zero attached hydrogens (tertiary/aromatic N) is 3. The summed E-state index contributed by atoms with van der Waals surface area (Å²) in [6.45, 7) is 3.08. The van der Waals surface area contributed by atoms with E-state index in [1.165, 1.54) is 18.9 Å². The first-order valence-corrected chi connectivity index (χ1v) is 26.7. The van der Waals surface area contributed by atoms with E-state index in [0.29, 0.717) is 5.92 Å². The molecule has 12 heteroatoms. The molecule has 142 valence electrons. The summed E-state index contributed by atoms with van der Waals surface area (Å²) in [7, 11) is 25.0. The fraction of sp³-hybridized carbons (Fsp3) is 0.538. The normalized spacial score (nSPS) is 28.1. The molecule has 1 saturated carbocycles. The van der Waals surface area contributed by atoms with Gasteiger partial charge in [0.2, 0.25) is 5.69 Å². The van der Waals surface area contributed by atoms with E-state index in [1.54, 1.807) is 12.1 Å². The fourth-order valence-electron chi connectivity index (χ4n) is 3.10. The van der Waals surface area contributed by atoms with E-state index in [-0.39, 0.29) is 16.1 Å². The molecule has 2 atom stereocenters. The van der Waals surface area contributed by atoms with Gasteiger partial charge >= 0.3 is 62.1 Å². The van der Waals surface area contributed by atoms with Crippen molar-refractivity contribution in [3.05, 3.63) is 34.4 Å². The molecule has 0 radical (unpaired) electrons. The summed E-state index contributed by atoms with van der Waals surface area (Å²) >= 11 is 0. The molecule has 1 aromatic carbocycles. The van der Waals surface area contributed by atoms with Crippen molar-refractivity contribution in [3.63, 3.8) is 0 Å². The molecule has 5 nitrogen and oxygen atoms in total. The Labute approximate surface area is 165 Å². The average Bonchev–Trinajstić information content (AvgIpc) is 2.90. The quantitative estimate of drug-likeness (QED) is 0.163. The summed E-state index contributed by atoms with van der Waals surface area (Å²) < 4.78 is 1.94. The van der Waals surface area contributed by atoms with Crippen molar-refractivity contribution in [2.75, 3.05) is 6.54 Å². The third-order valence-corrected chi connectivity index (χ3v) is 4.20. The number of hydrogen-bond donors (Lipinski definition) is 0. The van der Waals surface area contributed by atoms with Crippen molar-refractivity contribution in [1.29, 1.82) is 0 Å². The molecular weight excluding hydrogens is 565 g/mol. The average molecular weight is 581 g/mol. The van der Waals surface area contributed by atoms with Crippen LogP contribution in [0.3, 0.4) is 0 Å². The zero-order valence-corrected chi connectivity index (χ0v) is 20.2. The van der Waals surface area contributed by atoms with Crippen molar-refractivity contribution in [2.45, 2.75) is 31.7 Å². The Morgan fingerprint density at radius 1 is 1.28 bits per heavy atom. The topological polar surface area (TPSA) is 58.5 Å². The van der Waals surface area contributed by atoms with Gasteiger partial charge in [0.1, 0.15) is 5.54 Å². The van der Waals surface area contributed by atoms with Gasteiger partial charge in [0, 0.05) is 12.1 Å². The van der Waals surface area contributed by atoms with Crippen LogP contribution < -0.4 is 0 Å². The first-order chi connectivity index (χ1) is 11.0. The van der Waals surface area contributed by atoms with Crippen LogP contribution in [0.15, 0.2) is 29.4 Å². The number of nitro benzene ring substituents is 1. The molecule has 3 rings (SSSR count). The number of non-ortho nitro benzene ring substituents is 1. The van der Waals surface area contributed by atoms with Gasteiger partial charge in [0.25, 0.3) is 5.69 Å². The summed E-state index contributed by atoms with van der Waals surface area (Å²) in [5.41, 5.74) is 1.01. The SMILES string of the molecule is C[C@]12CCC[C@H]1C[N+](c1cccc([N+](=O)[O-])c1)=N2.[Cl][Sb-]([Cl])([Cl])([Cl])([Cl])[Cl]. The van der Waals surface area contributed by atoms with E-state index in [1.807, 2.05) is 10.8 Å². The Morgan fingerprint density at radius 2 is 1.88 bits per heavy atom. The van der Waals surface area contributed by atoms with E-state index in [2.05, 4.69) is 6.92 Å². The molecule has 0 unspecified atom stereocenters. The van der Waals surface area contributed by atoms with Crippen molar-refractivity contribution in [3.8, 4) is 0 Å². The van der Waals surface area contributed by atoms with Gasteiger partial charge in [-0.05, 0) is 30.9 Å². The monoisotopic (exact) mass is 577 g/mol. The first kappa shape index (κ1) is 22.1. The third-order valence-electron chi connectivity index (χ3n) is 4.20. The number of halogens is 6. The van der Waals surface area contributed by atoms with Crippen LogP contribution in [-0.4, -0.2) is 30.8 Å². The zero-order chi connectivity index (χ0) is 19.2. The molecule has 1 aliphatic heterocycles. The number of azo groups is 2. The van der Waals surface area contributed by atoms with Crippen LogP contribution in [0.2, 0.25) is 0 Å². The van der Waals surface area contributed by atoms with Crippen molar-refractivity contribution < 1.29 is 9.62 Å². The molecule has 1 fully saturated rings. The van der Waals surface area contributed by atoms with Crippen molar-refractivity contribution in [2.24, 2.45) is 11.0 Å². The maximum absolute atomic E-state index is 10.8. The molecule has 1 aliphatic carbocycles. The van der Waals surface area contributed by atoms with Gasteiger partial charge in [0.05, 0.1) is 16.9 Å². The van der Waals surface area contributed by atoms with Crippen LogP contribution in [0.25, 0.3) is 0 Å². The molecule has 0 saturated heterocycles. The molecule has 1 heterocycles. The number of rotatable bonds is 2. The van der Waals surface area contributed by atoms with Gasteiger partial charge in [-0.3, -0.25) is 10.1 Å². The Balaban J connectivity index is 0.000000277. The van der Waals surface area contributed by atoms with Gasteiger partial charge in [-0.15, -0.1) is 0 Å². The van der Waals surface area contributed by atoms with Gasteiger partial charge < -0.3 is 0 Å². The van der Waals surface area contributed by atoms with Gasteiger partial charge in [-0.25, -0.2) is 0 Å². The zero-order valence-electron chi connectivity index (χ0n) is 13.1.